The minimum absolute atomic E-state index is 0.184. The molecule has 9 heteroatoms. The largest absolute Gasteiger partial charge is 0.496 e. The van der Waals surface area contributed by atoms with Gasteiger partial charge in [-0.05, 0) is 45.0 Å². The van der Waals surface area contributed by atoms with E-state index in [9.17, 15) is 5.26 Å². The third-order valence-electron chi connectivity index (χ3n) is 6.22. The number of methoxy groups -OCH3 is 1. The summed E-state index contributed by atoms with van der Waals surface area (Å²) in [7, 11) is 3.52. The SMILES string of the molecule is COc1cc2c(cc1-c1c(C)noc1C)ncc1c2n([C@H](C)c2ccccn2)c(=NC#N)n1C. The van der Waals surface area contributed by atoms with E-state index in [1.807, 2.05) is 73.5 Å². The molecule has 0 aliphatic rings. The average molecular weight is 454 g/mol. The van der Waals surface area contributed by atoms with Crippen LogP contribution in [0.15, 0.2) is 52.2 Å². The van der Waals surface area contributed by atoms with Crippen LogP contribution < -0.4 is 10.4 Å². The molecular formula is C25H23N7O2. The van der Waals surface area contributed by atoms with E-state index in [-0.39, 0.29) is 6.04 Å². The number of imidazole rings is 1. The first-order valence-electron chi connectivity index (χ1n) is 10.8. The van der Waals surface area contributed by atoms with Crippen molar-refractivity contribution in [1.29, 1.82) is 5.26 Å². The van der Waals surface area contributed by atoms with E-state index in [1.165, 1.54) is 0 Å². The fraction of sp³-hybridized carbons (Fsp3) is 0.240. The summed E-state index contributed by atoms with van der Waals surface area (Å²) in [5.74, 6) is 1.39. The molecule has 4 heterocycles. The third-order valence-corrected chi connectivity index (χ3v) is 6.22. The van der Waals surface area contributed by atoms with Gasteiger partial charge in [0.15, 0.2) is 0 Å². The van der Waals surface area contributed by atoms with Gasteiger partial charge in [0.05, 0.1) is 52.8 Å². The number of hydrogen-bond acceptors (Lipinski definition) is 7. The van der Waals surface area contributed by atoms with E-state index in [0.717, 1.165) is 44.5 Å². The molecule has 5 aromatic rings. The van der Waals surface area contributed by atoms with E-state index >= 15 is 0 Å². The molecule has 0 N–H and O–H groups in total. The van der Waals surface area contributed by atoms with E-state index < -0.39 is 0 Å². The highest BCUT2D eigenvalue weighted by Gasteiger charge is 2.23. The van der Waals surface area contributed by atoms with Gasteiger partial charge in [-0.15, -0.1) is 4.99 Å². The Bertz CT molecular complexity index is 1630. The summed E-state index contributed by atoms with van der Waals surface area (Å²) >= 11 is 0. The molecule has 0 unspecified atom stereocenters. The van der Waals surface area contributed by atoms with Crippen LogP contribution in [-0.4, -0.2) is 31.4 Å². The number of aromatic nitrogens is 5. The molecule has 170 valence electrons. The van der Waals surface area contributed by atoms with E-state index in [0.29, 0.717) is 17.1 Å². The summed E-state index contributed by atoms with van der Waals surface area (Å²) < 4.78 is 15.1. The van der Waals surface area contributed by atoms with Crippen LogP contribution in [0.1, 0.15) is 30.1 Å². The molecule has 0 bridgehead atoms. The quantitative estimate of drug-likeness (QED) is 0.378. The molecule has 9 nitrogen and oxygen atoms in total. The van der Waals surface area contributed by atoms with Crippen molar-refractivity contribution in [2.24, 2.45) is 12.0 Å². The van der Waals surface area contributed by atoms with Gasteiger partial charge in [0.25, 0.3) is 0 Å². The van der Waals surface area contributed by atoms with Gasteiger partial charge < -0.3 is 13.8 Å². The number of nitrogens with zero attached hydrogens (tertiary/aromatic N) is 7. The van der Waals surface area contributed by atoms with Crippen molar-refractivity contribution in [3.8, 4) is 23.1 Å². The Morgan fingerprint density at radius 2 is 2.03 bits per heavy atom. The normalized spacial score (nSPS) is 12.9. The highest BCUT2D eigenvalue weighted by atomic mass is 16.5. The molecule has 4 aromatic heterocycles. The smallest absolute Gasteiger partial charge is 0.222 e. The Morgan fingerprint density at radius 1 is 1.21 bits per heavy atom. The number of fused-ring (bicyclic) bond motifs is 3. The summed E-state index contributed by atoms with van der Waals surface area (Å²) in [6.45, 7) is 5.83. The van der Waals surface area contributed by atoms with Crippen molar-refractivity contribution < 1.29 is 9.26 Å². The number of rotatable bonds is 4. The lowest BCUT2D eigenvalue weighted by Gasteiger charge is -2.16. The molecule has 0 aliphatic heterocycles. The molecule has 0 aliphatic carbocycles. The summed E-state index contributed by atoms with van der Waals surface area (Å²) in [5, 5.41) is 14.4. The zero-order valence-electron chi connectivity index (χ0n) is 19.6. The number of ether oxygens (including phenoxy) is 1. The molecule has 0 saturated heterocycles. The van der Waals surface area contributed by atoms with E-state index in [4.69, 9.17) is 14.2 Å². The molecule has 0 saturated carbocycles. The lowest BCUT2D eigenvalue weighted by Crippen LogP contribution is -2.27. The molecule has 0 amide bonds. The van der Waals surface area contributed by atoms with Crippen molar-refractivity contribution in [3.63, 3.8) is 0 Å². The fourth-order valence-corrected chi connectivity index (χ4v) is 4.59. The van der Waals surface area contributed by atoms with E-state index in [2.05, 4.69) is 15.1 Å². The van der Waals surface area contributed by atoms with Gasteiger partial charge >= 0.3 is 0 Å². The molecule has 5 rings (SSSR count). The number of aryl methyl sites for hydroxylation is 3. The van der Waals surface area contributed by atoms with Gasteiger partial charge in [-0.25, -0.2) is 0 Å². The second-order valence-corrected chi connectivity index (χ2v) is 8.13. The highest BCUT2D eigenvalue weighted by Crippen LogP contribution is 2.39. The Balaban J connectivity index is 1.90. The van der Waals surface area contributed by atoms with Gasteiger partial charge in [-0.2, -0.15) is 5.26 Å². The van der Waals surface area contributed by atoms with E-state index in [1.54, 1.807) is 19.5 Å². The molecule has 0 spiro atoms. The molecule has 34 heavy (non-hydrogen) atoms. The summed E-state index contributed by atoms with van der Waals surface area (Å²) in [5.41, 5.74) is 6.42. The summed E-state index contributed by atoms with van der Waals surface area (Å²) in [6, 6.07) is 9.57. The first-order chi connectivity index (χ1) is 16.5. The molecule has 0 radical (unpaired) electrons. The van der Waals surface area contributed by atoms with Gasteiger partial charge in [0, 0.05) is 24.2 Å². The molecular weight excluding hydrogens is 430 g/mol. The lowest BCUT2D eigenvalue weighted by atomic mass is 10.0. The van der Waals surface area contributed by atoms with Crippen LogP contribution in [0, 0.1) is 25.3 Å². The van der Waals surface area contributed by atoms with Crippen molar-refractivity contribution in [3.05, 3.63) is 65.5 Å². The van der Waals surface area contributed by atoms with Gasteiger partial charge in [-0.3, -0.25) is 14.5 Å². The topological polar surface area (TPSA) is 107 Å². The van der Waals surface area contributed by atoms with Crippen molar-refractivity contribution >= 4 is 21.9 Å². The van der Waals surface area contributed by atoms with Crippen LogP contribution in [0.5, 0.6) is 5.75 Å². The maximum atomic E-state index is 9.43. The lowest BCUT2D eigenvalue weighted by molar-refractivity contribution is 0.393. The number of nitriles is 1. The highest BCUT2D eigenvalue weighted by molar-refractivity contribution is 6.05. The average Bonchev–Trinajstić information content (AvgIpc) is 3.34. The second kappa shape index (κ2) is 8.15. The van der Waals surface area contributed by atoms with Crippen LogP contribution >= 0.6 is 0 Å². The molecule has 1 atom stereocenters. The summed E-state index contributed by atoms with van der Waals surface area (Å²) in [6.07, 6.45) is 5.51. The Hall–Kier alpha value is -4.45. The van der Waals surface area contributed by atoms with Crippen molar-refractivity contribution in [1.82, 2.24) is 24.3 Å². The number of benzene rings is 1. The third kappa shape index (κ3) is 3.15. The predicted octanol–water partition coefficient (Wildman–Crippen LogP) is 4.19. The molecule has 1 aromatic carbocycles. The fourth-order valence-electron chi connectivity index (χ4n) is 4.59. The maximum Gasteiger partial charge on any atom is 0.222 e. The standard InChI is InChI=1S/C25H23N7O2/c1-14-23(16(3)34-30-14)18-10-20-17(11-22(18)33-5)24-21(12-28-20)31(4)25(29-13-26)32(24)15(2)19-8-6-7-9-27-19/h6-12,15H,1-5H3/t15-/m1/s1. The van der Waals surface area contributed by atoms with Crippen LogP contribution in [0.3, 0.4) is 0 Å². The Labute approximate surface area is 195 Å². The monoisotopic (exact) mass is 453 g/mol. The number of pyridine rings is 2. The van der Waals surface area contributed by atoms with Crippen LogP contribution in [0.4, 0.5) is 0 Å². The summed E-state index contributed by atoms with van der Waals surface area (Å²) in [4.78, 5) is 13.4. The van der Waals surface area contributed by atoms with Gasteiger partial charge in [-0.1, -0.05) is 11.2 Å². The maximum absolute atomic E-state index is 9.43. The molecule has 0 fully saturated rings. The second-order valence-electron chi connectivity index (χ2n) is 8.13. The first kappa shape index (κ1) is 21.4. The van der Waals surface area contributed by atoms with Gasteiger partial charge in [0.2, 0.25) is 11.8 Å². The minimum Gasteiger partial charge on any atom is -0.496 e. The zero-order valence-corrected chi connectivity index (χ0v) is 19.6. The Morgan fingerprint density at radius 3 is 2.68 bits per heavy atom. The van der Waals surface area contributed by atoms with Crippen LogP contribution in [0.25, 0.3) is 33.1 Å². The van der Waals surface area contributed by atoms with Crippen molar-refractivity contribution in [2.75, 3.05) is 7.11 Å². The Kier molecular flexibility index (Phi) is 5.13. The zero-order chi connectivity index (χ0) is 24.0. The van der Waals surface area contributed by atoms with Crippen LogP contribution in [0.2, 0.25) is 0 Å². The van der Waals surface area contributed by atoms with Gasteiger partial charge in [0.1, 0.15) is 11.5 Å². The van der Waals surface area contributed by atoms with Crippen molar-refractivity contribution in [2.45, 2.75) is 26.8 Å². The first-order valence-corrected chi connectivity index (χ1v) is 10.8. The minimum atomic E-state index is -0.184. The van der Waals surface area contributed by atoms with Crippen LogP contribution in [-0.2, 0) is 7.05 Å². The number of hydrogen-bond donors (Lipinski definition) is 0. The predicted molar refractivity (Wildman–Crippen MR) is 127 cm³/mol.